The zero-order chi connectivity index (χ0) is 16.9. The van der Waals surface area contributed by atoms with Gasteiger partial charge < -0.3 is 4.90 Å². The molecule has 0 aliphatic carbocycles. The van der Waals surface area contributed by atoms with Crippen LogP contribution in [0.5, 0.6) is 0 Å². The Morgan fingerprint density at radius 1 is 1.39 bits per heavy atom. The van der Waals surface area contributed by atoms with Crippen LogP contribution in [-0.4, -0.2) is 49.9 Å². The average Bonchev–Trinajstić information content (AvgIpc) is 3.03. The van der Waals surface area contributed by atoms with E-state index in [0.717, 1.165) is 12.0 Å². The highest BCUT2D eigenvalue weighted by Crippen LogP contribution is 2.18. The van der Waals surface area contributed by atoms with Crippen molar-refractivity contribution < 1.29 is 18.0 Å². The van der Waals surface area contributed by atoms with Gasteiger partial charge in [0.1, 0.15) is 6.04 Å². The topological polar surface area (TPSA) is 83.6 Å². The molecule has 0 saturated carbocycles. The van der Waals surface area contributed by atoms with Crippen LogP contribution in [0.4, 0.5) is 0 Å². The van der Waals surface area contributed by atoms with Crippen molar-refractivity contribution in [1.29, 1.82) is 0 Å². The minimum absolute atomic E-state index is 0.102. The van der Waals surface area contributed by atoms with E-state index in [-0.39, 0.29) is 18.1 Å². The van der Waals surface area contributed by atoms with Gasteiger partial charge in [0.15, 0.2) is 0 Å². The van der Waals surface area contributed by atoms with Gasteiger partial charge in [-0.15, -0.1) is 0 Å². The fourth-order valence-electron chi connectivity index (χ4n) is 2.68. The first-order chi connectivity index (χ1) is 11.0. The average molecular weight is 337 g/mol. The van der Waals surface area contributed by atoms with Crippen molar-refractivity contribution in [3.8, 4) is 0 Å². The van der Waals surface area contributed by atoms with Crippen molar-refractivity contribution in [3.63, 3.8) is 0 Å². The van der Waals surface area contributed by atoms with Crippen LogP contribution in [-0.2, 0) is 26.0 Å². The number of amides is 1. The smallest absolute Gasteiger partial charge is 0.241 e. The van der Waals surface area contributed by atoms with Crippen LogP contribution in [0.25, 0.3) is 0 Å². The largest absolute Gasteiger partial charge is 0.331 e. The number of carbonyl (C=O) groups excluding carboxylic acids is 2. The maximum atomic E-state index is 12.7. The number of nitrogens with zero attached hydrogens (tertiary/aromatic N) is 1. The van der Waals surface area contributed by atoms with Crippen LogP contribution in [0.1, 0.15) is 25.3 Å². The van der Waals surface area contributed by atoms with Crippen LogP contribution in [0.3, 0.4) is 0 Å². The van der Waals surface area contributed by atoms with Gasteiger partial charge >= 0.3 is 0 Å². The van der Waals surface area contributed by atoms with Crippen LogP contribution in [0.15, 0.2) is 30.3 Å². The summed E-state index contributed by atoms with van der Waals surface area (Å²) >= 11 is 0. The number of nitrogens with one attached hydrogen (secondary N) is 1. The van der Waals surface area contributed by atoms with E-state index in [1.165, 1.54) is 11.8 Å². The maximum Gasteiger partial charge on any atom is 0.241 e. The molecule has 1 aliphatic heterocycles. The van der Waals surface area contributed by atoms with E-state index in [0.29, 0.717) is 13.0 Å². The number of rotatable bonds is 7. The van der Waals surface area contributed by atoms with Gasteiger partial charge in [-0.3, -0.25) is 9.59 Å². The lowest BCUT2D eigenvalue weighted by atomic mass is 10.1. The van der Waals surface area contributed by atoms with Crippen molar-refractivity contribution in [2.45, 2.75) is 38.3 Å². The van der Waals surface area contributed by atoms with Gasteiger partial charge in [-0.05, 0) is 31.7 Å². The monoisotopic (exact) mass is 337 g/mol. The molecule has 6 nitrogen and oxygen atoms in total. The Hall–Kier alpha value is -1.73. The first-order valence-electron chi connectivity index (χ1n) is 7.69. The molecule has 7 heteroatoms. The molecule has 1 aliphatic rings. The Morgan fingerprint density at radius 3 is 2.70 bits per heavy atom. The van der Waals surface area contributed by atoms with Gasteiger partial charge in [0.05, 0.1) is 11.8 Å². The van der Waals surface area contributed by atoms with E-state index >= 15 is 0 Å². The fraction of sp³-hybridized carbons (Fsp3) is 0.500. The second-order valence-corrected chi connectivity index (χ2v) is 7.61. The Balaban J connectivity index is 2.21. The predicted molar refractivity (Wildman–Crippen MR) is 87.0 cm³/mol. The van der Waals surface area contributed by atoms with Gasteiger partial charge in [-0.1, -0.05) is 30.3 Å². The summed E-state index contributed by atoms with van der Waals surface area (Å²) in [6.07, 6.45) is 3.42. The van der Waals surface area contributed by atoms with Gasteiger partial charge in [0, 0.05) is 6.54 Å². The summed E-state index contributed by atoms with van der Waals surface area (Å²) in [6, 6.07) is 7.73. The molecule has 1 saturated heterocycles. The third kappa shape index (κ3) is 4.62. The van der Waals surface area contributed by atoms with Crippen LogP contribution >= 0.6 is 0 Å². The number of sulfonamides is 1. The number of hydrogen-bond donors (Lipinski definition) is 1. The van der Waals surface area contributed by atoms with Gasteiger partial charge in [-0.25, -0.2) is 13.1 Å². The molecule has 1 N–H and O–H groups in total. The summed E-state index contributed by atoms with van der Waals surface area (Å²) in [6.45, 7) is 1.97. The zero-order valence-electron chi connectivity index (χ0n) is 13.1. The molecule has 2 atom stereocenters. The standard InChI is InChI=1S/C16H21N2O4S/c1-2-23(21,22)17-15(11-13-7-4-3-5-8-13)16(20)18-10-6-9-14(18)12-19/h3-5,7-8,14-15,17H,2,6,9-11H2,1H3/t14-,15+/m0/s1. The lowest BCUT2D eigenvalue weighted by molar-refractivity contribution is -0.132. The van der Waals surface area contributed by atoms with Crippen molar-refractivity contribution in [3.05, 3.63) is 35.9 Å². The van der Waals surface area contributed by atoms with E-state index in [1.54, 1.807) is 0 Å². The minimum Gasteiger partial charge on any atom is -0.331 e. The molecule has 1 radical (unpaired) electrons. The quantitative estimate of drug-likeness (QED) is 0.791. The number of likely N-dealkylation sites (tertiary alicyclic amines) is 1. The lowest BCUT2D eigenvalue weighted by Gasteiger charge is -2.26. The Labute approximate surface area is 136 Å². The Bertz CT molecular complexity index is 645. The molecule has 23 heavy (non-hydrogen) atoms. The molecule has 125 valence electrons. The molecule has 1 fully saturated rings. The highest BCUT2D eigenvalue weighted by molar-refractivity contribution is 7.89. The second-order valence-electron chi connectivity index (χ2n) is 5.57. The van der Waals surface area contributed by atoms with E-state index in [9.17, 15) is 18.0 Å². The normalized spacial score (nSPS) is 19.5. The van der Waals surface area contributed by atoms with E-state index in [4.69, 9.17) is 0 Å². The van der Waals surface area contributed by atoms with Crippen molar-refractivity contribution >= 4 is 22.2 Å². The molecule has 0 aromatic heterocycles. The molecule has 0 spiro atoms. The Morgan fingerprint density at radius 2 is 2.09 bits per heavy atom. The maximum absolute atomic E-state index is 12.7. The summed E-state index contributed by atoms with van der Waals surface area (Å²) < 4.78 is 26.3. The molecular formula is C16H21N2O4S. The molecule has 1 heterocycles. The second kappa shape index (κ2) is 7.70. The van der Waals surface area contributed by atoms with E-state index < -0.39 is 22.1 Å². The van der Waals surface area contributed by atoms with Crippen LogP contribution in [0.2, 0.25) is 0 Å². The summed E-state index contributed by atoms with van der Waals surface area (Å²) in [7, 11) is -3.53. The number of hydrogen-bond acceptors (Lipinski definition) is 4. The molecule has 0 bridgehead atoms. The molecule has 2 rings (SSSR count). The van der Waals surface area contributed by atoms with Gasteiger partial charge in [0.25, 0.3) is 0 Å². The third-order valence-corrected chi connectivity index (χ3v) is 5.36. The summed E-state index contributed by atoms with van der Waals surface area (Å²) in [5, 5.41) is 0. The SMILES string of the molecule is CCS(=O)(=O)N[C@H](Cc1ccccc1)C(=O)N1CCC[C@H]1[C]=O. The van der Waals surface area contributed by atoms with Crippen LogP contribution < -0.4 is 4.72 Å². The van der Waals surface area contributed by atoms with E-state index in [2.05, 4.69) is 4.72 Å². The predicted octanol–water partition coefficient (Wildman–Crippen LogP) is 0.638. The zero-order valence-corrected chi connectivity index (χ0v) is 13.9. The first-order valence-corrected chi connectivity index (χ1v) is 9.34. The molecular weight excluding hydrogens is 316 g/mol. The summed E-state index contributed by atoms with van der Waals surface area (Å²) in [5.41, 5.74) is 0.857. The Kier molecular flexibility index (Phi) is 5.90. The lowest BCUT2D eigenvalue weighted by Crippen LogP contribution is -2.51. The molecule has 1 aromatic carbocycles. The minimum atomic E-state index is -3.53. The number of carbonyl (C=O) groups is 1. The summed E-state index contributed by atoms with van der Waals surface area (Å²) in [4.78, 5) is 25.1. The molecule has 1 aromatic rings. The third-order valence-electron chi connectivity index (χ3n) is 3.95. The molecule has 0 unspecified atom stereocenters. The van der Waals surface area contributed by atoms with Gasteiger partial charge in [-0.2, -0.15) is 0 Å². The van der Waals surface area contributed by atoms with Crippen molar-refractivity contribution in [1.82, 2.24) is 9.62 Å². The van der Waals surface area contributed by atoms with Gasteiger partial charge in [0.2, 0.25) is 22.2 Å². The molecule has 1 amide bonds. The van der Waals surface area contributed by atoms with Crippen LogP contribution in [0, 0.1) is 0 Å². The van der Waals surface area contributed by atoms with Crippen molar-refractivity contribution in [2.24, 2.45) is 0 Å². The first kappa shape index (κ1) is 17.6. The highest BCUT2D eigenvalue weighted by atomic mass is 32.2. The van der Waals surface area contributed by atoms with Crippen molar-refractivity contribution in [2.75, 3.05) is 12.3 Å². The summed E-state index contributed by atoms with van der Waals surface area (Å²) in [5.74, 6) is -0.467. The van der Waals surface area contributed by atoms with E-state index in [1.807, 2.05) is 36.6 Å². The fourth-order valence-corrected chi connectivity index (χ4v) is 3.47. The highest BCUT2D eigenvalue weighted by Gasteiger charge is 2.35. The number of benzene rings is 1.